The number of amides is 2. The van der Waals surface area contributed by atoms with Gasteiger partial charge < -0.3 is 15.4 Å². The molecule has 56 heavy (non-hydrogen) atoms. The summed E-state index contributed by atoms with van der Waals surface area (Å²) < 4.78 is 76.9. The van der Waals surface area contributed by atoms with Gasteiger partial charge in [0, 0.05) is 11.8 Å². The Morgan fingerprint density at radius 2 is 1.86 bits per heavy atom. The average Bonchev–Trinajstić information content (AvgIpc) is 4.03. The molecule has 3 heterocycles. The third kappa shape index (κ3) is 7.15. The zero-order valence-electron chi connectivity index (χ0n) is 30.0. The van der Waals surface area contributed by atoms with Gasteiger partial charge in [0.25, 0.3) is 12.3 Å². The summed E-state index contributed by atoms with van der Waals surface area (Å²) in [6, 6.07) is 12.2. The number of benzene rings is 2. The monoisotopic (exact) mass is 798 g/mol. The first-order chi connectivity index (χ1) is 26.6. The highest BCUT2D eigenvalue weighted by Gasteiger charge is 2.64. The second kappa shape index (κ2) is 14.5. The van der Waals surface area contributed by atoms with Gasteiger partial charge in [-0.15, -0.1) is 0 Å². The smallest absolute Gasteiger partial charge is 0.411 e. The van der Waals surface area contributed by atoms with Crippen LogP contribution >= 0.6 is 11.6 Å². The van der Waals surface area contributed by atoms with E-state index in [1.54, 1.807) is 30.5 Å². The number of carbonyl (C=O) groups excluding carboxylic acids is 2. The third-order valence-corrected chi connectivity index (χ3v) is 10.9. The zero-order chi connectivity index (χ0) is 40.2. The molecular weight excluding hydrogens is 763 g/mol. The summed E-state index contributed by atoms with van der Waals surface area (Å²) in [4.78, 5) is 32.5. The molecule has 1 aliphatic heterocycles. The van der Waals surface area contributed by atoms with Crippen molar-refractivity contribution >= 4 is 29.6 Å². The first-order valence-electron chi connectivity index (χ1n) is 17.8. The van der Waals surface area contributed by atoms with Crippen LogP contribution in [0.4, 0.5) is 26.7 Å². The van der Waals surface area contributed by atoms with Gasteiger partial charge in [-0.1, -0.05) is 55.8 Å². The van der Waals surface area contributed by atoms with E-state index >= 15 is 4.79 Å². The lowest BCUT2D eigenvalue weighted by molar-refractivity contribution is -0.164. The number of aromatic nitrogens is 5. The number of hydrogen-bond donors (Lipinski definition) is 3. The molecule has 2 amide bonds. The Bertz CT molecular complexity index is 2190. The molecule has 3 aliphatic rings. The number of alkyl halides is 5. The van der Waals surface area contributed by atoms with E-state index in [0.717, 1.165) is 39.9 Å². The van der Waals surface area contributed by atoms with Crippen LogP contribution < -0.4 is 10.6 Å². The zero-order valence-corrected chi connectivity index (χ0v) is 30.8. The predicted octanol–water partition coefficient (Wildman–Crippen LogP) is 7.37. The number of carbonyl (C=O) groups is 2. The lowest BCUT2D eigenvalue weighted by atomic mass is 9.77. The van der Waals surface area contributed by atoms with Crippen LogP contribution in [-0.4, -0.2) is 65.7 Å². The summed E-state index contributed by atoms with van der Waals surface area (Å²) in [5.41, 5.74) is -2.09. The van der Waals surface area contributed by atoms with Crippen LogP contribution in [0, 0.1) is 28.6 Å². The van der Waals surface area contributed by atoms with Gasteiger partial charge in [-0.25, -0.2) is 23.2 Å². The molecule has 0 bridgehead atoms. The third-order valence-electron chi connectivity index (χ3n) is 10.6. The van der Waals surface area contributed by atoms with Crippen molar-refractivity contribution in [2.45, 2.75) is 81.7 Å². The van der Waals surface area contributed by atoms with Gasteiger partial charge in [0.1, 0.15) is 24.0 Å². The molecule has 3 atom stereocenters. The van der Waals surface area contributed by atoms with Gasteiger partial charge in [-0.2, -0.15) is 28.6 Å². The largest absolute Gasteiger partial charge is 0.447 e. The Morgan fingerprint density at radius 3 is 2.46 bits per heavy atom. The second-order valence-electron chi connectivity index (χ2n) is 14.6. The minimum Gasteiger partial charge on any atom is -0.447 e. The minimum atomic E-state index is -4.74. The highest BCUT2D eigenvalue weighted by atomic mass is 35.5. The maximum absolute atomic E-state index is 15.0. The van der Waals surface area contributed by atoms with Crippen LogP contribution in [-0.2, 0) is 15.1 Å². The number of alkyl carbamates (subject to hydrolysis) is 1. The summed E-state index contributed by atoms with van der Waals surface area (Å²) >= 11 is 6.43. The summed E-state index contributed by atoms with van der Waals surface area (Å²) in [6.45, 7) is 2.86. The molecule has 4 aromatic rings. The number of halogens is 6. The standard InChI is InChI=1S/C37H36ClF5N10O3/c1-20(2)23(15-44)14-36(25-6-3-21(4-7-25)24-16-47-51(17-24)26-8-9-26)32(54)52(33(45)49-36)29(18-56-34(55)50-35(11-12-35)37(41,42)43)22-5-10-27(38)28(13-22)53-31(30(39)40)46-19-48-53/h3-7,10,13,16-17,19-20,23,26,29-30H,8-9,11-12,14,18H2,1-2H3,(H2,45,49)(H,50,55)/t23?,29-,36-/m1/s1. The van der Waals surface area contributed by atoms with Crippen molar-refractivity contribution in [2.75, 3.05) is 6.61 Å². The Morgan fingerprint density at radius 1 is 1.14 bits per heavy atom. The maximum Gasteiger partial charge on any atom is 0.411 e. The number of nitrogens with zero attached hydrogens (tertiary/aromatic N) is 7. The van der Waals surface area contributed by atoms with Gasteiger partial charge in [-0.3, -0.25) is 19.8 Å². The van der Waals surface area contributed by atoms with Crippen LogP contribution in [0.1, 0.15) is 81.4 Å². The van der Waals surface area contributed by atoms with Crippen LogP contribution in [0.3, 0.4) is 0 Å². The van der Waals surface area contributed by atoms with Crippen LogP contribution in [0.2, 0.25) is 5.02 Å². The fourth-order valence-corrected chi connectivity index (χ4v) is 7.10. The molecule has 7 rings (SSSR count). The highest BCUT2D eigenvalue weighted by Crippen LogP contribution is 2.49. The molecule has 1 unspecified atom stereocenters. The molecule has 294 valence electrons. The Kier molecular flexibility index (Phi) is 10.0. The van der Waals surface area contributed by atoms with Crippen molar-refractivity contribution in [3.8, 4) is 22.9 Å². The maximum atomic E-state index is 15.0. The van der Waals surface area contributed by atoms with E-state index in [-0.39, 0.29) is 41.5 Å². The predicted molar refractivity (Wildman–Crippen MR) is 190 cm³/mol. The Hall–Kier alpha value is -5.57. The highest BCUT2D eigenvalue weighted by molar-refractivity contribution is 6.32. The number of ether oxygens (including phenoxy) is 1. The molecule has 13 nitrogen and oxygen atoms in total. The van der Waals surface area contributed by atoms with Gasteiger partial charge >= 0.3 is 12.3 Å². The Labute approximate surface area is 322 Å². The number of nitrogens with one attached hydrogen (secondary N) is 3. The fourth-order valence-electron chi connectivity index (χ4n) is 6.90. The molecule has 0 radical (unpaired) electrons. The van der Waals surface area contributed by atoms with Crippen molar-refractivity contribution in [2.24, 2.45) is 11.8 Å². The van der Waals surface area contributed by atoms with Crippen molar-refractivity contribution in [1.29, 1.82) is 10.7 Å². The van der Waals surface area contributed by atoms with E-state index in [0.29, 0.717) is 11.6 Å². The number of guanidine groups is 1. The Balaban J connectivity index is 1.28. The fraction of sp³-hybridized carbons (Fsp3) is 0.432. The molecule has 3 N–H and O–H groups in total. The summed E-state index contributed by atoms with van der Waals surface area (Å²) in [5, 5.41) is 32.5. The lowest BCUT2D eigenvalue weighted by Crippen LogP contribution is -2.49. The SMILES string of the molecule is CC(C)C(C#N)C[C@]1(c2ccc(-c3cnn(C4CC4)c3)cc2)NC(=N)N([C@H](COC(=O)NC2(C(F)(F)F)CC2)c2ccc(Cl)c(-n3ncnc3C(F)F)c2)C1=O. The number of rotatable bonds is 13. The summed E-state index contributed by atoms with van der Waals surface area (Å²) in [5.74, 6) is -2.87. The molecule has 3 fully saturated rings. The van der Waals surface area contributed by atoms with Crippen LogP contribution in [0.15, 0.2) is 61.2 Å². The topological polar surface area (TPSA) is 167 Å². The van der Waals surface area contributed by atoms with Crippen molar-refractivity contribution < 1.29 is 36.3 Å². The molecule has 0 spiro atoms. The van der Waals surface area contributed by atoms with Gasteiger partial charge in [0.2, 0.25) is 0 Å². The second-order valence-corrected chi connectivity index (χ2v) is 15.0. The number of nitriles is 1. The molecular formula is C37H36ClF5N10O3. The van der Waals surface area contributed by atoms with Crippen molar-refractivity contribution in [1.82, 2.24) is 40.1 Å². The molecule has 2 aromatic heterocycles. The van der Waals surface area contributed by atoms with Crippen molar-refractivity contribution in [3.63, 3.8) is 0 Å². The van der Waals surface area contributed by atoms with Crippen molar-refractivity contribution in [3.05, 3.63) is 83.2 Å². The minimum absolute atomic E-state index is 0.0497. The van der Waals surface area contributed by atoms with Crippen LogP contribution in [0.25, 0.3) is 16.8 Å². The van der Waals surface area contributed by atoms with E-state index < -0.39 is 66.0 Å². The number of hydrogen-bond acceptors (Lipinski definition) is 8. The normalized spacial score (nSPS) is 20.2. The first-order valence-corrected chi connectivity index (χ1v) is 18.2. The van der Waals surface area contributed by atoms with E-state index in [2.05, 4.69) is 26.6 Å². The summed E-state index contributed by atoms with van der Waals surface area (Å²) in [6.07, 6.45) is -3.33. The quantitative estimate of drug-likeness (QED) is 0.118. The van der Waals surface area contributed by atoms with Gasteiger partial charge in [-0.05, 0) is 66.8 Å². The van der Waals surface area contributed by atoms with Gasteiger partial charge in [0.05, 0.1) is 41.0 Å². The van der Waals surface area contributed by atoms with E-state index in [1.807, 2.05) is 30.0 Å². The van der Waals surface area contributed by atoms with Crippen LogP contribution in [0.5, 0.6) is 0 Å². The molecule has 2 saturated carbocycles. The first kappa shape index (κ1) is 38.7. The summed E-state index contributed by atoms with van der Waals surface area (Å²) in [7, 11) is 0. The molecule has 19 heteroatoms. The van der Waals surface area contributed by atoms with E-state index in [4.69, 9.17) is 21.7 Å². The van der Waals surface area contributed by atoms with E-state index in [9.17, 15) is 32.0 Å². The molecule has 1 saturated heterocycles. The lowest BCUT2D eigenvalue weighted by Gasteiger charge is -2.32. The molecule has 2 aromatic carbocycles. The molecule has 2 aliphatic carbocycles. The average molecular weight is 799 g/mol. The van der Waals surface area contributed by atoms with Gasteiger partial charge in [0.15, 0.2) is 11.8 Å². The van der Waals surface area contributed by atoms with E-state index in [1.165, 1.54) is 18.2 Å².